The van der Waals surface area contributed by atoms with E-state index in [0.717, 1.165) is 16.3 Å². The van der Waals surface area contributed by atoms with Crippen LogP contribution in [-0.2, 0) is 20.7 Å². The molecule has 1 saturated heterocycles. The van der Waals surface area contributed by atoms with Crippen molar-refractivity contribution in [3.63, 3.8) is 0 Å². The summed E-state index contributed by atoms with van der Waals surface area (Å²) < 4.78 is 5.46. The number of aliphatic hydroxyl groups is 1. The number of piperazine rings is 1. The third-order valence-corrected chi connectivity index (χ3v) is 5.72. The minimum absolute atomic E-state index is 0.0744. The highest BCUT2D eigenvalue weighted by Gasteiger charge is 2.42. The van der Waals surface area contributed by atoms with Crippen LogP contribution in [0.1, 0.15) is 32.8 Å². The third kappa shape index (κ3) is 5.82. The molecule has 2 aromatic carbocycles. The number of nitrogens with one attached hydrogen (secondary N) is 1. The molecule has 0 aromatic heterocycles. The molecule has 1 heterocycles. The van der Waals surface area contributed by atoms with Gasteiger partial charge in [0.2, 0.25) is 11.8 Å². The van der Waals surface area contributed by atoms with Crippen LogP contribution in [0.5, 0.6) is 0 Å². The van der Waals surface area contributed by atoms with Crippen molar-refractivity contribution in [3.05, 3.63) is 48.0 Å². The third-order valence-electron chi connectivity index (χ3n) is 5.72. The van der Waals surface area contributed by atoms with E-state index in [1.807, 2.05) is 42.5 Å². The number of amides is 3. The normalized spacial score (nSPS) is 17.7. The maximum atomic E-state index is 13.4. The van der Waals surface area contributed by atoms with Crippen molar-refractivity contribution in [2.45, 2.75) is 51.3 Å². The Bertz CT molecular complexity index is 1020. The number of aliphatic hydroxyl groups excluding tert-OH is 1. The molecule has 1 fully saturated rings. The van der Waals surface area contributed by atoms with Gasteiger partial charge in [0.25, 0.3) is 0 Å². The van der Waals surface area contributed by atoms with Crippen LogP contribution in [0.2, 0.25) is 0 Å². The summed E-state index contributed by atoms with van der Waals surface area (Å²) in [6, 6.07) is 12.3. The number of hydrogen-bond donors (Lipinski definition) is 2. The number of hydrogen-bond acceptors (Lipinski definition) is 5. The summed E-state index contributed by atoms with van der Waals surface area (Å²) >= 11 is 0. The van der Waals surface area contributed by atoms with Crippen molar-refractivity contribution in [1.29, 1.82) is 0 Å². The Morgan fingerprint density at radius 3 is 2.48 bits per heavy atom. The fraction of sp³-hybridized carbons (Fsp3) is 0.480. The van der Waals surface area contributed by atoms with Crippen LogP contribution in [0, 0.1) is 0 Å². The number of likely N-dealkylation sites (N-methyl/N-ethyl adjacent to an activating group) is 1. The van der Waals surface area contributed by atoms with Gasteiger partial charge in [0.15, 0.2) is 0 Å². The lowest BCUT2D eigenvalue weighted by Gasteiger charge is -2.43. The Morgan fingerprint density at radius 1 is 1.15 bits per heavy atom. The summed E-state index contributed by atoms with van der Waals surface area (Å²) in [6.07, 6.45) is -0.181. The van der Waals surface area contributed by atoms with E-state index in [4.69, 9.17) is 4.74 Å². The highest BCUT2D eigenvalue weighted by molar-refractivity contribution is 5.92. The molecule has 0 aliphatic carbocycles. The molecule has 2 N–H and O–H groups in total. The van der Waals surface area contributed by atoms with Crippen molar-refractivity contribution in [1.82, 2.24) is 15.1 Å². The fourth-order valence-electron chi connectivity index (χ4n) is 4.16. The van der Waals surface area contributed by atoms with Crippen LogP contribution in [0.3, 0.4) is 0 Å². The smallest absolute Gasteiger partial charge is 0.411 e. The second kappa shape index (κ2) is 10.2. The lowest BCUT2D eigenvalue weighted by molar-refractivity contribution is -0.149. The second-order valence-electron chi connectivity index (χ2n) is 9.25. The van der Waals surface area contributed by atoms with Crippen LogP contribution in [0.4, 0.5) is 4.79 Å². The number of benzene rings is 2. The molecule has 3 rings (SSSR count). The van der Waals surface area contributed by atoms with Gasteiger partial charge in [-0.2, -0.15) is 0 Å². The highest BCUT2D eigenvalue weighted by Crippen LogP contribution is 2.23. The zero-order chi connectivity index (χ0) is 24.2. The number of carbonyl (C=O) groups excluding carboxylic acids is 3. The average Bonchev–Trinajstić information content (AvgIpc) is 2.77. The molecule has 8 nitrogen and oxygen atoms in total. The lowest BCUT2D eigenvalue weighted by atomic mass is 9.98. The molecule has 1 aliphatic heterocycles. The van der Waals surface area contributed by atoms with Crippen molar-refractivity contribution >= 4 is 28.7 Å². The molecular weight excluding hydrogens is 422 g/mol. The molecule has 3 amide bonds. The van der Waals surface area contributed by atoms with Gasteiger partial charge in [-0.15, -0.1) is 0 Å². The molecule has 0 spiro atoms. The molecule has 1 aliphatic rings. The molecule has 2 atom stereocenters. The van der Waals surface area contributed by atoms with Crippen molar-refractivity contribution in [2.24, 2.45) is 0 Å². The van der Waals surface area contributed by atoms with Gasteiger partial charge in [-0.25, -0.2) is 4.79 Å². The first-order valence-electron chi connectivity index (χ1n) is 11.2. The monoisotopic (exact) mass is 455 g/mol. The number of rotatable bonds is 6. The standard InChI is InChI=1S/C25H33N3O5/c1-25(2,3)33-24(32)28-13-12-27(23(31)20(28)11-14-29)21(22(30)26-4)16-17-9-10-18-7-5-6-8-19(18)15-17/h5-10,15,20-21,29H,11-14,16H2,1-4H3,(H,26,30). The molecule has 8 heteroatoms. The summed E-state index contributed by atoms with van der Waals surface area (Å²) in [6.45, 7) is 5.43. The van der Waals surface area contributed by atoms with E-state index in [0.29, 0.717) is 6.42 Å². The number of nitrogens with zero attached hydrogens (tertiary/aromatic N) is 2. The van der Waals surface area contributed by atoms with E-state index in [9.17, 15) is 19.5 Å². The predicted octanol–water partition coefficient (Wildman–Crippen LogP) is 2.33. The van der Waals surface area contributed by atoms with Crippen LogP contribution in [0.25, 0.3) is 10.8 Å². The van der Waals surface area contributed by atoms with Gasteiger partial charge in [-0.1, -0.05) is 42.5 Å². The Hall–Kier alpha value is -3.13. The molecule has 2 aromatic rings. The number of ether oxygens (including phenoxy) is 1. The fourth-order valence-corrected chi connectivity index (χ4v) is 4.16. The van der Waals surface area contributed by atoms with Gasteiger partial charge in [0.05, 0.1) is 0 Å². The molecule has 0 saturated carbocycles. The summed E-state index contributed by atoms with van der Waals surface area (Å²) in [5, 5.41) is 14.4. The zero-order valence-electron chi connectivity index (χ0n) is 19.7. The first kappa shape index (κ1) is 24.5. The van der Waals surface area contributed by atoms with Crippen LogP contribution in [0.15, 0.2) is 42.5 Å². The first-order valence-corrected chi connectivity index (χ1v) is 11.2. The summed E-state index contributed by atoms with van der Waals surface area (Å²) in [5.41, 5.74) is 0.227. The molecular formula is C25H33N3O5. The van der Waals surface area contributed by atoms with Gasteiger partial charge in [0, 0.05) is 39.6 Å². The van der Waals surface area contributed by atoms with E-state index in [1.54, 1.807) is 27.8 Å². The van der Waals surface area contributed by atoms with E-state index < -0.39 is 23.8 Å². The number of fused-ring (bicyclic) bond motifs is 1. The van der Waals surface area contributed by atoms with E-state index in [2.05, 4.69) is 5.32 Å². The van der Waals surface area contributed by atoms with Gasteiger partial charge in [0.1, 0.15) is 17.7 Å². The molecule has 0 radical (unpaired) electrons. The van der Waals surface area contributed by atoms with Crippen LogP contribution in [-0.4, -0.2) is 77.2 Å². The van der Waals surface area contributed by atoms with Crippen LogP contribution < -0.4 is 5.32 Å². The molecule has 33 heavy (non-hydrogen) atoms. The van der Waals surface area contributed by atoms with Crippen molar-refractivity contribution in [2.75, 3.05) is 26.7 Å². The van der Waals surface area contributed by atoms with Crippen molar-refractivity contribution in [3.8, 4) is 0 Å². The SMILES string of the molecule is CNC(=O)C(Cc1ccc2ccccc2c1)N1CCN(C(=O)OC(C)(C)C)C(CCO)C1=O. The number of carbonyl (C=O) groups is 3. The van der Waals surface area contributed by atoms with Gasteiger partial charge in [-0.3, -0.25) is 14.5 Å². The van der Waals surface area contributed by atoms with Gasteiger partial charge >= 0.3 is 6.09 Å². The minimum Gasteiger partial charge on any atom is -0.444 e. The second-order valence-corrected chi connectivity index (χ2v) is 9.25. The van der Waals surface area contributed by atoms with Gasteiger partial charge < -0.3 is 20.1 Å². The average molecular weight is 456 g/mol. The summed E-state index contributed by atoms with van der Waals surface area (Å²) in [4.78, 5) is 41.9. The quantitative estimate of drug-likeness (QED) is 0.697. The first-order chi connectivity index (χ1) is 15.6. The largest absolute Gasteiger partial charge is 0.444 e. The Kier molecular flexibility index (Phi) is 7.58. The predicted molar refractivity (Wildman–Crippen MR) is 126 cm³/mol. The maximum Gasteiger partial charge on any atom is 0.411 e. The maximum absolute atomic E-state index is 13.4. The van der Waals surface area contributed by atoms with E-state index in [1.165, 1.54) is 9.80 Å². The Morgan fingerprint density at radius 2 is 1.85 bits per heavy atom. The summed E-state index contributed by atoms with van der Waals surface area (Å²) in [5.74, 6) is -0.638. The Balaban J connectivity index is 1.85. The Labute approximate surface area is 194 Å². The van der Waals surface area contributed by atoms with E-state index in [-0.39, 0.29) is 37.9 Å². The molecule has 0 bridgehead atoms. The van der Waals surface area contributed by atoms with Crippen molar-refractivity contribution < 1.29 is 24.2 Å². The molecule has 2 unspecified atom stereocenters. The topological polar surface area (TPSA) is 99.2 Å². The minimum atomic E-state index is -0.887. The zero-order valence-corrected chi connectivity index (χ0v) is 19.7. The van der Waals surface area contributed by atoms with Crippen LogP contribution >= 0.6 is 0 Å². The van der Waals surface area contributed by atoms with E-state index >= 15 is 0 Å². The lowest BCUT2D eigenvalue weighted by Crippen LogP contribution is -2.64. The summed E-state index contributed by atoms with van der Waals surface area (Å²) in [7, 11) is 1.54. The van der Waals surface area contributed by atoms with Gasteiger partial charge in [-0.05, 0) is 37.1 Å². The molecule has 178 valence electrons. The highest BCUT2D eigenvalue weighted by atomic mass is 16.6.